The van der Waals surface area contributed by atoms with Crippen LogP contribution in [0.2, 0.25) is 0 Å². The van der Waals surface area contributed by atoms with Crippen molar-refractivity contribution in [1.82, 2.24) is 19.9 Å². The van der Waals surface area contributed by atoms with Gasteiger partial charge >= 0.3 is 0 Å². The van der Waals surface area contributed by atoms with Crippen molar-refractivity contribution in [1.29, 1.82) is 0 Å². The Balaban J connectivity index is 0.000000201. The quantitative estimate of drug-likeness (QED) is 0.102. The van der Waals surface area contributed by atoms with Crippen LogP contribution in [0.4, 0.5) is 46.0 Å². The molecule has 8 nitrogen and oxygen atoms in total. The van der Waals surface area contributed by atoms with E-state index < -0.39 is 0 Å². The zero-order valence-corrected chi connectivity index (χ0v) is 36.9. The lowest BCUT2D eigenvalue weighted by molar-refractivity contribution is -0.482. The Bertz CT molecular complexity index is 2480. The van der Waals surface area contributed by atoms with Crippen molar-refractivity contribution in [2.75, 3.05) is 16.0 Å². The highest BCUT2D eigenvalue weighted by Gasteiger charge is 2.13. The maximum Gasteiger partial charge on any atom is 0.273 e. The van der Waals surface area contributed by atoms with Crippen molar-refractivity contribution >= 4 is 46.0 Å². The van der Waals surface area contributed by atoms with Crippen LogP contribution in [0, 0.1) is 55.4 Å². The van der Waals surface area contributed by atoms with Gasteiger partial charge in [0, 0.05) is 47.8 Å². The molecule has 0 aliphatic carbocycles. The minimum absolute atomic E-state index is 0. The Hall–Kier alpha value is -6.87. The van der Waals surface area contributed by atoms with E-state index in [1.165, 1.54) is 66.8 Å². The normalized spacial score (nSPS) is 10.6. The number of rotatable bonds is 10. The lowest BCUT2D eigenvalue weighted by Crippen LogP contribution is -3.00. The second-order valence-electron chi connectivity index (χ2n) is 15.5. The van der Waals surface area contributed by atoms with Crippen LogP contribution in [0.15, 0.2) is 146 Å². The summed E-state index contributed by atoms with van der Waals surface area (Å²) in [6, 6.07) is 42.6. The van der Waals surface area contributed by atoms with E-state index in [1.54, 1.807) is 24.8 Å². The van der Waals surface area contributed by atoms with Crippen molar-refractivity contribution < 1.29 is 17.7 Å². The van der Waals surface area contributed by atoms with Gasteiger partial charge in [0.2, 0.25) is 5.82 Å². The summed E-state index contributed by atoms with van der Waals surface area (Å²) < 4.78 is 0. The van der Waals surface area contributed by atoms with Crippen molar-refractivity contribution in [2.45, 2.75) is 55.4 Å². The Morgan fingerprint density at radius 1 is 0.377 bits per heavy atom. The van der Waals surface area contributed by atoms with Crippen LogP contribution < -0.4 is 33.7 Å². The molecule has 2 aromatic heterocycles. The molecule has 6 aromatic carbocycles. The van der Waals surface area contributed by atoms with Crippen LogP contribution in [0.1, 0.15) is 44.5 Å². The van der Waals surface area contributed by atoms with E-state index >= 15 is 0 Å². The number of hydrogen-bond acceptors (Lipinski definition) is 7. The molecule has 8 rings (SSSR count). The SMILES string of the molecule is Cc1cc(C)cc(Nc2nccnc2Nc2ccc(-c3c(C)cccc3C)cc2)c1.Cc1cc(C)cc(Nc2nccnc2[NH2+]c2ccc(-c3c(C)cccc3C)cc2)c1.[Cl-]. The standard InChI is InChI=1S/2C26H26N4.ClH/c2*1-17-14-18(2)16-23(15-17)30-26-25(27-12-13-28-26)29-22-10-8-21(9-11-22)24-19(3)6-5-7-20(24)4;/h2*5-16H,1-4H3,(H,27,29)(H,28,30);1H. The molecule has 0 fully saturated rings. The van der Waals surface area contributed by atoms with E-state index in [4.69, 9.17) is 0 Å². The number of quaternary nitrogens is 1. The number of nitrogens with one attached hydrogen (secondary N) is 3. The maximum absolute atomic E-state index is 4.54. The van der Waals surface area contributed by atoms with Gasteiger partial charge in [-0.15, -0.1) is 0 Å². The van der Waals surface area contributed by atoms with Crippen LogP contribution in [-0.2, 0) is 0 Å². The fraction of sp³-hybridized carbons (Fsp3) is 0.154. The molecule has 5 N–H and O–H groups in total. The molecule has 9 heteroatoms. The van der Waals surface area contributed by atoms with Gasteiger partial charge in [0.1, 0.15) is 5.69 Å². The molecule has 308 valence electrons. The van der Waals surface area contributed by atoms with E-state index in [0.717, 1.165) is 34.4 Å². The second-order valence-corrected chi connectivity index (χ2v) is 15.5. The Morgan fingerprint density at radius 2 is 0.738 bits per heavy atom. The Labute approximate surface area is 366 Å². The smallest absolute Gasteiger partial charge is 0.273 e. The highest BCUT2D eigenvalue weighted by Crippen LogP contribution is 2.31. The first-order valence-corrected chi connectivity index (χ1v) is 20.3. The summed E-state index contributed by atoms with van der Waals surface area (Å²) in [5.74, 6) is 2.95. The third kappa shape index (κ3) is 11.2. The average molecular weight is 826 g/mol. The fourth-order valence-electron chi connectivity index (χ4n) is 7.74. The first-order chi connectivity index (χ1) is 29.0. The summed E-state index contributed by atoms with van der Waals surface area (Å²) in [6.07, 6.45) is 6.83. The van der Waals surface area contributed by atoms with E-state index in [0.29, 0.717) is 11.6 Å². The van der Waals surface area contributed by atoms with Gasteiger partial charge in [-0.2, -0.15) is 4.98 Å². The third-order valence-corrected chi connectivity index (χ3v) is 10.3. The molecule has 0 aliphatic heterocycles. The number of anilines is 6. The van der Waals surface area contributed by atoms with Gasteiger partial charge in [-0.1, -0.05) is 60.7 Å². The van der Waals surface area contributed by atoms with E-state index in [9.17, 15) is 0 Å². The highest BCUT2D eigenvalue weighted by atomic mass is 35.5. The molecule has 0 amide bonds. The van der Waals surface area contributed by atoms with Crippen molar-refractivity contribution in [3.05, 3.63) is 191 Å². The number of aryl methyl sites for hydroxylation is 8. The summed E-state index contributed by atoms with van der Waals surface area (Å²) in [7, 11) is 0. The van der Waals surface area contributed by atoms with E-state index in [-0.39, 0.29) is 12.4 Å². The number of nitrogens with two attached hydrogens (primary N) is 1. The Kier molecular flexibility index (Phi) is 14.3. The first-order valence-electron chi connectivity index (χ1n) is 20.3. The van der Waals surface area contributed by atoms with Crippen molar-refractivity contribution in [3.8, 4) is 22.3 Å². The topological polar surface area (TPSA) is 104 Å². The number of hydrogen-bond donors (Lipinski definition) is 4. The molecule has 61 heavy (non-hydrogen) atoms. The first kappa shape index (κ1) is 43.7. The van der Waals surface area contributed by atoms with Crippen LogP contribution in [0.25, 0.3) is 22.3 Å². The molecule has 0 unspecified atom stereocenters. The van der Waals surface area contributed by atoms with E-state index in [2.05, 4.69) is 218 Å². The van der Waals surface area contributed by atoms with Gasteiger partial charge in [0.05, 0.1) is 6.20 Å². The highest BCUT2D eigenvalue weighted by molar-refractivity contribution is 5.76. The molecule has 0 atom stereocenters. The monoisotopic (exact) mass is 824 g/mol. The van der Waals surface area contributed by atoms with Gasteiger partial charge in [-0.25, -0.2) is 15.0 Å². The van der Waals surface area contributed by atoms with Gasteiger partial charge < -0.3 is 28.4 Å². The van der Waals surface area contributed by atoms with Gasteiger partial charge in [0.25, 0.3) is 5.82 Å². The zero-order chi connectivity index (χ0) is 42.2. The zero-order valence-electron chi connectivity index (χ0n) is 36.1. The molecule has 0 saturated heterocycles. The number of nitrogens with zero attached hydrogens (tertiary/aromatic N) is 4. The predicted molar refractivity (Wildman–Crippen MR) is 250 cm³/mol. The lowest BCUT2D eigenvalue weighted by atomic mass is 9.96. The van der Waals surface area contributed by atoms with Crippen LogP contribution >= 0.6 is 0 Å². The summed E-state index contributed by atoms with van der Waals surface area (Å²) in [5.41, 5.74) is 19.1. The second kappa shape index (κ2) is 19.9. The molecule has 0 spiro atoms. The van der Waals surface area contributed by atoms with Gasteiger partial charge in [0.15, 0.2) is 11.6 Å². The molecule has 0 aliphatic rings. The number of aromatic nitrogens is 4. The van der Waals surface area contributed by atoms with Crippen molar-refractivity contribution in [2.24, 2.45) is 0 Å². The summed E-state index contributed by atoms with van der Waals surface area (Å²) in [4.78, 5) is 18.0. The minimum atomic E-state index is 0. The minimum Gasteiger partial charge on any atom is -1.00 e. The fourth-order valence-corrected chi connectivity index (χ4v) is 7.74. The average Bonchev–Trinajstić information content (AvgIpc) is 3.20. The molecule has 8 aromatic rings. The molecule has 0 radical (unpaired) electrons. The lowest BCUT2D eigenvalue weighted by Gasteiger charge is -2.14. The van der Waals surface area contributed by atoms with Gasteiger partial charge in [-0.05, 0) is 171 Å². The maximum atomic E-state index is 4.54. The number of halogens is 1. The summed E-state index contributed by atoms with van der Waals surface area (Å²) in [5, 5.41) is 12.3. The Morgan fingerprint density at radius 3 is 1.18 bits per heavy atom. The van der Waals surface area contributed by atoms with Crippen LogP contribution in [-0.4, -0.2) is 19.9 Å². The predicted octanol–water partition coefficient (Wildman–Crippen LogP) is 9.52. The van der Waals surface area contributed by atoms with Gasteiger partial charge in [-0.3, -0.25) is 5.32 Å². The van der Waals surface area contributed by atoms with E-state index in [1.807, 2.05) is 0 Å². The van der Waals surface area contributed by atoms with Crippen molar-refractivity contribution in [3.63, 3.8) is 0 Å². The summed E-state index contributed by atoms with van der Waals surface area (Å²) in [6.45, 7) is 17.0. The van der Waals surface area contributed by atoms with Crippen LogP contribution in [0.5, 0.6) is 0 Å². The third-order valence-electron chi connectivity index (χ3n) is 10.3. The molecule has 0 saturated carbocycles. The molecular formula is C52H53ClN8. The molecule has 2 heterocycles. The number of benzene rings is 6. The molecule has 0 bridgehead atoms. The van der Waals surface area contributed by atoms with Crippen LogP contribution in [0.3, 0.4) is 0 Å². The molecular weight excluding hydrogens is 772 g/mol. The summed E-state index contributed by atoms with van der Waals surface area (Å²) >= 11 is 0. The largest absolute Gasteiger partial charge is 1.00 e.